The molecule has 9 heteroatoms. The second kappa shape index (κ2) is 9.54. The fourth-order valence-corrected chi connectivity index (χ4v) is 5.48. The van der Waals surface area contributed by atoms with Crippen molar-refractivity contribution in [3.8, 4) is 23.3 Å². The molecule has 0 bridgehead atoms. The smallest absolute Gasteiger partial charge is 0.277 e. The van der Waals surface area contributed by atoms with Crippen LogP contribution in [0.3, 0.4) is 0 Å². The van der Waals surface area contributed by atoms with Gasteiger partial charge in [0, 0.05) is 4.88 Å². The van der Waals surface area contributed by atoms with Crippen molar-refractivity contribution in [3.63, 3.8) is 0 Å². The van der Waals surface area contributed by atoms with Crippen molar-refractivity contribution >= 4 is 34.0 Å². The number of fused-ring (bicyclic) bond motifs is 1. The number of benzene rings is 1. The van der Waals surface area contributed by atoms with Crippen LogP contribution in [0.25, 0.3) is 11.5 Å². The second-order valence-electron chi connectivity index (χ2n) is 7.20. The monoisotopic (exact) mass is 454 g/mol. The van der Waals surface area contributed by atoms with Crippen molar-refractivity contribution < 1.29 is 13.9 Å². The number of nitrogens with one attached hydrogen (secondary N) is 1. The van der Waals surface area contributed by atoms with Crippen LogP contribution in [-0.2, 0) is 17.6 Å². The molecule has 4 rings (SSSR count). The maximum absolute atomic E-state index is 12.8. The zero-order chi connectivity index (χ0) is 21.8. The third-order valence-electron chi connectivity index (χ3n) is 5.16. The summed E-state index contributed by atoms with van der Waals surface area (Å²) in [6, 6.07) is 9.67. The molecule has 0 fully saturated rings. The average molecular weight is 455 g/mol. The molecular formula is C22H22N4O3S2. The lowest BCUT2D eigenvalue weighted by Gasteiger charge is -2.09. The number of amides is 1. The minimum Gasteiger partial charge on any atom is -0.496 e. The number of aromatic nitrogens is 2. The molecule has 1 aliphatic carbocycles. The number of methoxy groups -OCH3 is 1. The van der Waals surface area contributed by atoms with Crippen LogP contribution >= 0.6 is 23.1 Å². The minimum atomic E-state index is -0.473. The molecule has 2 heterocycles. The fourth-order valence-electron chi connectivity index (χ4n) is 3.55. The molecule has 1 aromatic carbocycles. The van der Waals surface area contributed by atoms with Crippen molar-refractivity contribution in [1.29, 1.82) is 5.26 Å². The molecule has 1 N–H and O–H groups in total. The number of thioether (sulfide) groups is 1. The van der Waals surface area contributed by atoms with Gasteiger partial charge >= 0.3 is 0 Å². The van der Waals surface area contributed by atoms with Crippen LogP contribution in [0.1, 0.15) is 42.2 Å². The molecule has 0 spiro atoms. The van der Waals surface area contributed by atoms with E-state index < -0.39 is 5.25 Å². The Kier molecular flexibility index (Phi) is 6.59. The summed E-state index contributed by atoms with van der Waals surface area (Å²) >= 11 is 2.71. The Labute approximate surface area is 188 Å². The standard InChI is InChI=1S/C22H22N4O3S2/c1-13(30-22-26-25-20(29-22)15-9-6-7-10-17(15)28-2)19(27)24-21-16(12-23)14-8-4-3-5-11-18(14)31-21/h6-7,9-10,13H,3-5,8,11H2,1-2H3,(H,24,27)/t13-/m0/s1. The van der Waals surface area contributed by atoms with Crippen molar-refractivity contribution in [2.24, 2.45) is 0 Å². The zero-order valence-corrected chi connectivity index (χ0v) is 18.9. The first-order valence-electron chi connectivity index (χ1n) is 10.1. The molecule has 0 aliphatic heterocycles. The zero-order valence-electron chi connectivity index (χ0n) is 17.3. The van der Waals surface area contributed by atoms with E-state index in [4.69, 9.17) is 9.15 Å². The third kappa shape index (κ3) is 4.60. The van der Waals surface area contributed by atoms with Gasteiger partial charge in [-0.25, -0.2) is 0 Å². The number of anilines is 1. The SMILES string of the molecule is COc1ccccc1-c1nnc(S[C@@H](C)C(=O)Nc2sc3c(c2C#N)CCCCC3)o1. The van der Waals surface area contributed by atoms with Gasteiger partial charge in [0.2, 0.25) is 5.91 Å². The van der Waals surface area contributed by atoms with E-state index in [1.54, 1.807) is 14.0 Å². The van der Waals surface area contributed by atoms with Gasteiger partial charge in [-0.15, -0.1) is 21.5 Å². The molecule has 1 aliphatic rings. The Bertz CT molecular complexity index is 1130. The van der Waals surface area contributed by atoms with Gasteiger partial charge in [-0.2, -0.15) is 5.26 Å². The Balaban J connectivity index is 1.46. The number of carbonyl (C=O) groups excluding carboxylic acids is 1. The Hall–Kier alpha value is -2.83. The normalized spacial score (nSPS) is 14.2. The number of ether oxygens (including phenoxy) is 1. The molecule has 0 saturated heterocycles. The highest BCUT2D eigenvalue weighted by atomic mass is 32.2. The van der Waals surface area contributed by atoms with E-state index in [9.17, 15) is 10.1 Å². The molecule has 0 radical (unpaired) electrons. The van der Waals surface area contributed by atoms with E-state index in [1.807, 2.05) is 24.3 Å². The molecule has 31 heavy (non-hydrogen) atoms. The summed E-state index contributed by atoms with van der Waals surface area (Å²) in [6.45, 7) is 1.78. The first-order valence-corrected chi connectivity index (χ1v) is 11.8. The molecule has 2 aromatic heterocycles. The van der Waals surface area contributed by atoms with Gasteiger partial charge in [0.15, 0.2) is 0 Å². The number of aryl methyl sites for hydroxylation is 1. The second-order valence-corrected chi connectivity index (χ2v) is 9.60. The van der Waals surface area contributed by atoms with Crippen LogP contribution in [0, 0.1) is 11.3 Å². The Morgan fingerprint density at radius 2 is 2.10 bits per heavy atom. The molecule has 1 amide bonds. The van der Waals surface area contributed by atoms with Crippen LogP contribution < -0.4 is 10.1 Å². The first kappa shape index (κ1) is 21.4. The van der Waals surface area contributed by atoms with E-state index >= 15 is 0 Å². The molecule has 1 atom stereocenters. The molecule has 7 nitrogen and oxygen atoms in total. The maximum Gasteiger partial charge on any atom is 0.277 e. The van der Waals surface area contributed by atoms with Crippen LogP contribution in [0.5, 0.6) is 5.75 Å². The summed E-state index contributed by atoms with van der Waals surface area (Å²) in [5.41, 5.74) is 2.42. The summed E-state index contributed by atoms with van der Waals surface area (Å²) in [6.07, 6.45) is 5.28. The fraction of sp³-hybridized carbons (Fsp3) is 0.364. The van der Waals surface area contributed by atoms with Gasteiger partial charge < -0.3 is 14.5 Å². The number of hydrogen-bond acceptors (Lipinski definition) is 8. The topological polar surface area (TPSA) is 101 Å². The van der Waals surface area contributed by atoms with Crippen LogP contribution in [0.4, 0.5) is 5.00 Å². The van der Waals surface area contributed by atoms with Crippen LogP contribution in [0.15, 0.2) is 33.9 Å². The van der Waals surface area contributed by atoms with Gasteiger partial charge in [-0.1, -0.05) is 30.3 Å². The molecule has 0 saturated carbocycles. The highest BCUT2D eigenvalue weighted by Crippen LogP contribution is 2.38. The highest BCUT2D eigenvalue weighted by molar-refractivity contribution is 8.00. The quantitative estimate of drug-likeness (QED) is 0.410. The molecule has 3 aromatic rings. The van der Waals surface area contributed by atoms with Crippen LogP contribution in [-0.4, -0.2) is 28.5 Å². The lowest BCUT2D eigenvalue weighted by Crippen LogP contribution is -2.22. The van der Waals surface area contributed by atoms with Crippen LogP contribution in [0.2, 0.25) is 0 Å². The first-order chi connectivity index (χ1) is 15.1. The van der Waals surface area contributed by atoms with Crippen molar-refractivity contribution in [3.05, 3.63) is 40.3 Å². The maximum atomic E-state index is 12.8. The van der Waals surface area contributed by atoms with Gasteiger partial charge in [0.25, 0.3) is 11.1 Å². The number of rotatable bonds is 6. The minimum absolute atomic E-state index is 0.199. The molecule has 160 valence electrons. The number of thiophene rings is 1. The summed E-state index contributed by atoms with van der Waals surface area (Å²) in [7, 11) is 1.58. The van der Waals surface area contributed by atoms with E-state index in [0.29, 0.717) is 33.0 Å². The summed E-state index contributed by atoms with van der Waals surface area (Å²) in [5, 5.41) is 21.2. The number of nitrogens with zero attached hydrogens (tertiary/aromatic N) is 3. The Morgan fingerprint density at radius 3 is 2.90 bits per heavy atom. The average Bonchev–Trinajstić information content (AvgIpc) is 3.30. The Morgan fingerprint density at radius 1 is 1.29 bits per heavy atom. The predicted octanol–water partition coefficient (Wildman–Crippen LogP) is 5.07. The predicted molar refractivity (Wildman–Crippen MR) is 121 cm³/mol. The highest BCUT2D eigenvalue weighted by Gasteiger charge is 2.24. The van der Waals surface area contributed by atoms with Crippen molar-refractivity contribution in [2.45, 2.75) is 49.5 Å². The lowest BCUT2D eigenvalue weighted by molar-refractivity contribution is -0.115. The van der Waals surface area contributed by atoms with Gasteiger partial charge in [0.05, 0.1) is 23.5 Å². The molecular weight excluding hydrogens is 432 g/mol. The van der Waals surface area contributed by atoms with E-state index in [1.165, 1.54) is 34.4 Å². The third-order valence-corrected chi connectivity index (χ3v) is 7.30. The van der Waals surface area contributed by atoms with Crippen molar-refractivity contribution in [2.75, 3.05) is 12.4 Å². The molecule has 0 unspecified atom stereocenters. The number of carbonyl (C=O) groups is 1. The van der Waals surface area contributed by atoms with E-state index in [2.05, 4.69) is 21.6 Å². The van der Waals surface area contributed by atoms with Gasteiger partial charge in [0.1, 0.15) is 16.8 Å². The number of para-hydroxylation sites is 1. The lowest BCUT2D eigenvalue weighted by atomic mass is 10.1. The van der Waals surface area contributed by atoms with Gasteiger partial charge in [-0.3, -0.25) is 4.79 Å². The van der Waals surface area contributed by atoms with Gasteiger partial charge in [-0.05, 0) is 50.3 Å². The summed E-state index contributed by atoms with van der Waals surface area (Å²) in [4.78, 5) is 14.0. The largest absolute Gasteiger partial charge is 0.496 e. The van der Waals surface area contributed by atoms with E-state index in [0.717, 1.165) is 31.2 Å². The van der Waals surface area contributed by atoms with Crippen molar-refractivity contribution in [1.82, 2.24) is 10.2 Å². The van der Waals surface area contributed by atoms with E-state index in [-0.39, 0.29) is 5.91 Å². The number of hydrogen-bond donors (Lipinski definition) is 1. The number of nitriles is 1. The summed E-state index contributed by atoms with van der Waals surface area (Å²) < 4.78 is 11.1. The summed E-state index contributed by atoms with van der Waals surface area (Å²) in [5.74, 6) is 0.770.